The van der Waals surface area contributed by atoms with Crippen LogP contribution in [0.5, 0.6) is 0 Å². The van der Waals surface area contributed by atoms with Crippen molar-refractivity contribution < 1.29 is 0 Å². The molecule has 6 nitrogen and oxygen atoms in total. The molecule has 0 unspecified atom stereocenters. The lowest BCUT2D eigenvalue weighted by molar-refractivity contribution is 1.07. The second kappa shape index (κ2) is 12.6. The summed E-state index contributed by atoms with van der Waals surface area (Å²) in [7, 11) is 0. The second-order valence-corrected chi connectivity index (χ2v) is 14.0. The van der Waals surface area contributed by atoms with Crippen molar-refractivity contribution in [1.82, 2.24) is 24.1 Å². The van der Waals surface area contributed by atoms with Gasteiger partial charge >= 0.3 is 0 Å². The van der Waals surface area contributed by atoms with Gasteiger partial charge in [0.15, 0.2) is 17.5 Å². The second-order valence-electron chi connectivity index (χ2n) is 14.0. The molecule has 0 fully saturated rings. The van der Waals surface area contributed by atoms with Crippen LogP contribution < -0.4 is 0 Å². The van der Waals surface area contributed by atoms with E-state index in [2.05, 4.69) is 118 Å². The molecular weight excluding hydrogens is 685 g/mol. The highest BCUT2D eigenvalue weighted by molar-refractivity contribution is 6.26. The molecule has 11 aromatic rings. The molecule has 6 heteroatoms. The standard InChI is InChI=1S/C50H30N6/c51-31-37-29-36(50-53-48(33-14-3-1-4-15-33)52-49(54-50)34-16-5-2-6-17-34)24-27-42(37)56-43-21-11-9-19-39(43)40-26-28-45-46(47(40)56)41-20-10-12-22-44(41)55(45)38-25-23-32-13-7-8-18-35(32)30-38/h1-30H. The van der Waals surface area contributed by atoms with Crippen molar-refractivity contribution in [2.24, 2.45) is 0 Å². The highest BCUT2D eigenvalue weighted by Crippen LogP contribution is 2.43. The third kappa shape index (κ3) is 4.92. The number of aromatic nitrogens is 5. The minimum Gasteiger partial charge on any atom is -0.309 e. The lowest BCUT2D eigenvalue weighted by Gasteiger charge is -2.13. The molecule has 0 saturated carbocycles. The molecule has 0 amide bonds. The normalized spacial score (nSPS) is 11.6. The molecule has 0 spiro atoms. The van der Waals surface area contributed by atoms with Crippen LogP contribution in [0.2, 0.25) is 0 Å². The maximum atomic E-state index is 10.9. The number of para-hydroxylation sites is 2. The molecule has 56 heavy (non-hydrogen) atoms. The lowest BCUT2D eigenvalue weighted by atomic mass is 10.1. The van der Waals surface area contributed by atoms with Crippen molar-refractivity contribution in [3.8, 4) is 51.6 Å². The van der Waals surface area contributed by atoms with E-state index >= 15 is 0 Å². The predicted octanol–water partition coefficient (Wildman–Crippen LogP) is 12.1. The van der Waals surface area contributed by atoms with Gasteiger partial charge in [0.05, 0.1) is 33.3 Å². The van der Waals surface area contributed by atoms with Crippen molar-refractivity contribution in [1.29, 1.82) is 5.26 Å². The van der Waals surface area contributed by atoms with E-state index in [9.17, 15) is 5.26 Å². The third-order valence-corrected chi connectivity index (χ3v) is 10.8. The Balaban J connectivity index is 1.17. The van der Waals surface area contributed by atoms with E-state index in [1.807, 2.05) is 78.9 Å². The summed E-state index contributed by atoms with van der Waals surface area (Å²) in [4.78, 5) is 14.8. The van der Waals surface area contributed by atoms with Crippen LogP contribution in [-0.2, 0) is 0 Å². The quantitative estimate of drug-likeness (QED) is 0.178. The summed E-state index contributed by atoms with van der Waals surface area (Å²) in [5, 5.41) is 17.8. The van der Waals surface area contributed by atoms with Crippen molar-refractivity contribution in [2.75, 3.05) is 0 Å². The first-order valence-electron chi connectivity index (χ1n) is 18.6. The van der Waals surface area contributed by atoms with Gasteiger partial charge in [-0.2, -0.15) is 5.26 Å². The number of fused-ring (bicyclic) bond motifs is 8. The highest BCUT2D eigenvalue weighted by Gasteiger charge is 2.23. The zero-order valence-corrected chi connectivity index (χ0v) is 30.0. The van der Waals surface area contributed by atoms with E-state index < -0.39 is 0 Å². The zero-order valence-electron chi connectivity index (χ0n) is 30.0. The Morgan fingerprint density at radius 3 is 1.70 bits per heavy atom. The fourth-order valence-electron chi connectivity index (χ4n) is 8.25. The SMILES string of the molecule is N#Cc1cc(-c2nc(-c3ccccc3)nc(-c3ccccc3)n2)ccc1-n1c2ccccc2c2ccc3c(c4ccccc4n3-c3ccc4ccccc4c3)c21. The summed E-state index contributed by atoms with van der Waals surface area (Å²) in [6.07, 6.45) is 0. The molecule has 0 atom stereocenters. The van der Waals surface area contributed by atoms with Crippen LogP contribution >= 0.6 is 0 Å². The smallest absolute Gasteiger partial charge is 0.164 e. The number of hydrogen-bond donors (Lipinski definition) is 0. The Kier molecular flexibility index (Phi) is 7.13. The van der Waals surface area contributed by atoms with Gasteiger partial charge in [-0.15, -0.1) is 0 Å². The molecule has 8 aromatic carbocycles. The topological polar surface area (TPSA) is 72.3 Å². The van der Waals surface area contributed by atoms with Crippen LogP contribution in [-0.4, -0.2) is 24.1 Å². The van der Waals surface area contributed by atoms with E-state index in [0.29, 0.717) is 23.0 Å². The van der Waals surface area contributed by atoms with Gasteiger partial charge in [0.2, 0.25) is 0 Å². The molecule has 0 bridgehead atoms. The number of nitrogens with zero attached hydrogens (tertiary/aromatic N) is 6. The van der Waals surface area contributed by atoms with Crippen LogP contribution in [0.4, 0.5) is 0 Å². The Morgan fingerprint density at radius 2 is 1.00 bits per heavy atom. The average molecular weight is 715 g/mol. The van der Waals surface area contributed by atoms with Gasteiger partial charge in [-0.1, -0.05) is 133 Å². The van der Waals surface area contributed by atoms with Crippen LogP contribution in [0.25, 0.3) is 99.9 Å². The zero-order chi connectivity index (χ0) is 37.2. The number of nitriles is 1. The number of benzene rings is 8. The van der Waals surface area contributed by atoms with Crippen molar-refractivity contribution >= 4 is 54.4 Å². The maximum absolute atomic E-state index is 10.9. The molecule has 3 aromatic heterocycles. The summed E-state index contributed by atoms with van der Waals surface area (Å²) in [6.45, 7) is 0. The molecule has 0 radical (unpaired) electrons. The molecule has 0 aliphatic rings. The monoisotopic (exact) mass is 714 g/mol. The highest BCUT2D eigenvalue weighted by atomic mass is 15.0. The molecule has 260 valence electrons. The van der Waals surface area contributed by atoms with E-state index in [0.717, 1.165) is 71.7 Å². The predicted molar refractivity (Wildman–Crippen MR) is 227 cm³/mol. The molecule has 0 N–H and O–H groups in total. The van der Waals surface area contributed by atoms with Gasteiger partial charge in [0.1, 0.15) is 6.07 Å². The van der Waals surface area contributed by atoms with Crippen molar-refractivity contribution in [2.45, 2.75) is 0 Å². The molecule has 0 aliphatic heterocycles. The van der Waals surface area contributed by atoms with E-state index in [-0.39, 0.29) is 0 Å². The van der Waals surface area contributed by atoms with Crippen LogP contribution in [0, 0.1) is 11.3 Å². The summed E-state index contributed by atoms with van der Waals surface area (Å²) in [5.41, 5.74) is 9.23. The van der Waals surface area contributed by atoms with E-state index in [1.165, 1.54) is 10.8 Å². The minimum absolute atomic E-state index is 0.504. The minimum atomic E-state index is 0.504. The van der Waals surface area contributed by atoms with Gasteiger partial charge in [-0.25, -0.2) is 15.0 Å². The van der Waals surface area contributed by atoms with Gasteiger partial charge < -0.3 is 9.13 Å². The Hall–Kier alpha value is -7.88. The Labute approximate surface area is 321 Å². The molecule has 0 saturated heterocycles. The molecule has 11 rings (SSSR count). The van der Waals surface area contributed by atoms with Gasteiger partial charge in [0.25, 0.3) is 0 Å². The Morgan fingerprint density at radius 1 is 0.411 bits per heavy atom. The first-order valence-corrected chi connectivity index (χ1v) is 18.6. The first kappa shape index (κ1) is 31.6. The van der Waals surface area contributed by atoms with E-state index in [4.69, 9.17) is 15.0 Å². The fraction of sp³-hybridized carbons (Fsp3) is 0. The van der Waals surface area contributed by atoms with E-state index in [1.54, 1.807) is 0 Å². The van der Waals surface area contributed by atoms with Crippen LogP contribution in [0.3, 0.4) is 0 Å². The average Bonchev–Trinajstić information content (AvgIpc) is 3.79. The van der Waals surface area contributed by atoms with Crippen molar-refractivity contribution in [3.05, 3.63) is 188 Å². The number of hydrogen-bond acceptors (Lipinski definition) is 4. The van der Waals surface area contributed by atoms with Gasteiger partial charge in [-0.05, 0) is 59.3 Å². The van der Waals surface area contributed by atoms with Crippen LogP contribution in [0.1, 0.15) is 5.56 Å². The van der Waals surface area contributed by atoms with Gasteiger partial charge in [-0.3, -0.25) is 0 Å². The number of rotatable bonds is 5. The lowest BCUT2D eigenvalue weighted by Crippen LogP contribution is -2.02. The van der Waals surface area contributed by atoms with Gasteiger partial charge in [0, 0.05) is 43.9 Å². The first-order chi connectivity index (χ1) is 27.7. The maximum Gasteiger partial charge on any atom is 0.164 e. The Bertz CT molecular complexity index is 3310. The summed E-state index contributed by atoms with van der Waals surface area (Å²) in [5.74, 6) is 1.65. The molecule has 3 heterocycles. The largest absolute Gasteiger partial charge is 0.309 e. The summed E-state index contributed by atoms with van der Waals surface area (Å²) in [6, 6.07) is 65.1. The van der Waals surface area contributed by atoms with Crippen LogP contribution in [0.15, 0.2) is 182 Å². The summed E-state index contributed by atoms with van der Waals surface area (Å²) >= 11 is 0. The molecular formula is C50H30N6. The fourth-order valence-corrected chi connectivity index (χ4v) is 8.25. The van der Waals surface area contributed by atoms with Crippen molar-refractivity contribution in [3.63, 3.8) is 0 Å². The summed E-state index contributed by atoms with van der Waals surface area (Å²) < 4.78 is 4.63. The molecule has 0 aliphatic carbocycles. The third-order valence-electron chi connectivity index (χ3n) is 10.8.